The summed E-state index contributed by atoms with van der Waals surface area (Å²) in [6, 6.07) is 24.3. The molecular weight excluding hydrogens is 386 g/mol. The molecule has 0 bridgehead atoms. The molecule has 0 saturated carbocycles. The highest BCUT2D eigenvalue weighted by molar-refractivity contribution is 5.51. The van der Waals surface area contributed by atoms with E-state index in [4.69, 9.17) is 9.47 Å². The minimum atomic E-state index is 0.1000. The van der Waals surface area contributed by atoms with Gasteiger partial charge in [-0.2, -0.15) is 0 Å². The van der Waals surface area contributed by atoms with Gasteiger partial charge in [0.15, 0.2) is 0 Å². The van der Waals surface area contributed by atoms with Gasteiger partial charge in [-0.15, -0.1) is 0 Å². The molecule has 0 radical (unpaired) electrons. The Labute approximate surface area is 185 Å². The van der Waals surface area contributed by atoms with Crippen molar-refractivity contribution in [3.63, 3.8) is 0 Å². The predicted octanol–water partition coefficient (Wildman–Crippen LogP) is 5.42. The maximum Gasteiger partial charge on any atom is 0.123 e. The van der Waals surface area contributed by atoms with Crippen molar-refractivity contribution < 1.29 is 14.6 Å². The van der Waals surface area contributed by atoms with Gasteiger partial charge in [-0.05, 0) is 54.5 Å². The summed E-state index contributed by atoms with van der Waals surface area (Å²) in [7, 11) is 0. The van der Waals surface area contributed by atoms with Crippen molar-refractivity contribution in [2.24, 2.45) is 0 Å². The molecule has 162 valence electrons. The Kier molecular flexibility index (Phi) is 6.78. The summed E-state index contributed by atoms with van der Waals surface area (Å²) >= 11 is 0. The monoisotopic (exact) mass is 417 g/mol. The molecule has 0 saturated heterocycles. The van der Waals surface area contributed by atoms with Crippen LogP contribution >= 0.6 is 0 Å². The van der Waals surface area contributed by atoms with E-state index in [2.05, 4.69) is 67.3 Å². The molecule has 0 unspecified atom stereocenters. The van der Waals surface area contributed by atoms with Crippen LogP contribution in [0.25, 0.3) is 0 Å². The quantitative estimate of drug-likeness (QED) is 0.531. The average molecular weight is 418 g/mol. The SMILES string of the molecule is CCN(CC)CCOc1ccc([C@@H]2c3cc(O)ccc3OC[C@H]2c2ccccc2)cc1. The third-order valence-corrected chi connectivity index (χ3v) is 6.19. The van der Waals surface area contributed by atoms with Crippen LogP contribution in [0.4, 0.5) is 0 Å². The van der Waals surface area contributed by atoms with Crippen LogP contribution < -0.4 is 9.47 Å². The number of nitrogens with zero attached hydrogens (tertiary/aromatic N) is 1. The summed E-state index contributed by atoms with van der Waals surface area (Å²) in [5.74, 6) is 2.26. The van der Waals surface area contributed by atoms with Crippen LogP contribution in [0.5, 0.6) is 17.2 Å². The lowest BCUT2D eigenvalue weighted by Crippen LogP contribution is -2.27. The minimum absolute atomic E-state index is 0.1000. The van der Waals surface area contributed by atoms with Crippen LogP contribution in [-0.4, -0.2) is 42.9 Å². The third-order valence-electron chi connectivity index (χ3n) is 6.19. The van der Waals surface area contributed by atoms with Crippen LogP contribution in [0, 0.1) is 0 Å². The van der Waals surface area contributed by atoms with E-state index in [9.17, 15) is 5.11 Å². The molecule has 31 heavy (non-hydrogen) atoms. The van der Waals surface area contributed by atoms with Crippen molar-refractivity contribution in [2.75, 3.05) is 32.8 Å². The zero-order valence-electron chi connectivity index (χ0n) is 18.3. The van der Waals surface area contributed by atoms with Gasteiger partial charge in [-0.25, -0.2) is 0 Å². The van der Waals surface area contributed by atoms with Gasteiger partial charge in [0.25, 0.3) is 0 Å². The largest absolute Gasteiger partial charge is 0.508 e. The number of likely N-dealkylation sites (N-methyl/N-ethyl adjacent to an activating group) is 1. The highest BCUT2D eigenvalue weighted by Gasteiger charge is 2.33. The van der Waals surface area contributed by atoms with E-state index in [1.807, 2.05) is 18.2 Å². The smallest absolute Gasteiger partial charge is 0.123 e. The fourth-order valence-electron chi connectivity index (χ4n) is 4.41. The molecule has 1 N–H and O–H groups in total. The number of hydrogen-bond acceptors (Lipinski definition) is 4. The summed E-state index contributed by atoms with van der Waals surface area (Å²) in [6.07, 6.45) is 0. The van der Waals surface area contributed by atoms with Gasteiger partial charge < -0.3 is 19.5 Å². The number of aromatic hydroxyl groups is 1. The molecule has 1 aliphatic heterocycles. The van der Waals surface area contributed by atoms with Gasteiger partial charge in [0.2, 0.25) is 0 Å². The van der Waals surface area contributed by atoms with Gasteiger partial charge in [0.05, 0.1) is 6.61 Å². The van der Waals surface area contributed by atoms with E-state index in [0.29, 0.717) is 13.2 Å². The van der Waals surface area contributed by atoms with Crippen LogP contribution in [0.2, 0.25) is 0 Å². The summed E-state index contributed by atoms with van der Waals surface area (Å²) in [5.41, 5.74) is 3.46. The Hall–Kier alpha value is -2.98. The molecule has 4 heteroatoms. The molecule has 0 spiro atoms. The molecule has 0 aromatic heterocycles. The topological polar surface area (TPSA) is 41.9 Å². The van der Waals surface area contributed by atoms with Crippen molar-refractivity contribution in [2.45, 2.75) is 25.7 Å². The Morgan fingerprint density at radius 2 is 1.68 bits per heavy atom. The number of phenolic OH excluding ortho intramolecular Hbond substituents is 1. The van der Waals surface area contributed by atoms with Gasteiger partial charge >= 0.3 is 0 Å². The lowest BCUT2D eigenvalue weighted by Gasteiger charge is -2.34. The molecule has 3 aromatic carbocycles. The zero-order valence-corrected chi connectivity index (χ0v) is 18.3. The van der Waals surface area contributed by atoms with Crippen molar-refractivity contribution in [1.82, 2.24) is 4.90 Å². The first kappa shape index (κ1) is 21.3. The van der Waals surface area contributed by atoms with E-state index < -0.39 is 0 Å². The van der Waals surface area contributed by atoms with Crippen molar-refractivity contribution >= 4 is 0 Å². The fourth-order valence-corrected chi connectivity index (χ4v) is 4.41. The summed E-state index contributed by atoms with van der Waals surface area (Å²) < 4.78 is 12.1. The maximum absolute atomic E-state index is 10.2. The van der Waals surface area contributed by atoms with Crippen LogP contribution in [-0.2, 0) is 0 Å². The van der Waals surface area contributed by atoms with Crippen molar-refractivity contribution in [1.29, 1.82) is 0 Å². The Bertz CT molecular complexity index is 968. The van der Waals surface area contributed by atoms with Crippen LogP contribution in [0.1, 0.15) is 42.4 Å². The first-order valence-electron chi connectivity index (χ1n) is 11.1. The third kappa shape index (κ3) is 4.86. The molecule has 1 aliphatic rings. The average Bonchev–Trinajstić information content (AvgIpc) is 2.82. The van der Waals surface area contributed by atoms with Gasteiger partial charge in [-0.1, -0.05) is 56.3 Å². The van der Waals surface area contributed by atoms with Crippen molar-refractivity contribution in [3.8, 4) is 17.2 Å². The molecule has 0 aliphatic carbocycles. The Morgan fingerprint density at radius 1 is 0.935 bits per heavy atom. The number of ether oxygens (including phenoxy) is 2. The lowest BCUT2D eigenvalue weighted by molar-refractivity contribution is 0.222. The Balaban J connectivity index is 1.59. The predicted molar refractivity (Wildman–Crippen MR) is 124 cm³/mol. The van der Waals surface area contributed by atoms with Gasteiger partial charge in [-0.3, -0.25) is 0 Å². The first-order valence-corrected chi connectivity index (χ1v) is 11.1. The number of benzene rings is 3. The molecule has 4 nitrogen and oxygen atoms in total. The van der Waals surface area contributed by atoms with Crippen LogP contribution in [0.3, 0.4) is 0 Å². The number of rotatable bonds is 8. The zero-order chi connectivity index (χ0) is 21.6. The van der Waals surface area contributed by atoms with E-state index in [1.165, 1.54) is 11.1 Å². The molecule has 0 fully saturated rings. The van der Waals surface area contributed by atoms with Gasteiger partial charge in [0.1, 0.15) is 23.9 Å². The highest BCUT2D eigenvalue weighted by Crippen LogP contribution is 2.47. The van der Waals surface area contributed by atoms with E-state index in [0.717, 1.165) is 36.7 Å². The molecule has 0 amide bonds. The second-order valence-corrected chi connectivity index (χ2v) is 7.97. The van der Waals surface area contributed by atoms with E-state index in [-0.39, 0.29) is 17.6 Å². The summed E-state index contributed by atoms with van der Waals surface area (Å²) in [6.45, 7) is 8.63. The minimum Gasteiger partial charge on any atom is -0.508 e. The molecular formula is C27H31NO3. The van der Waals surface area contributed by atoms with Crippen LogP contribution in [0.15, 0.2) is 72.8 Å². The molecule has 3 aromatic rings. The van der Waals surface area contributed by atoms with Crippen molar-refractivity contribution in [3.05, 3.63) is 89.5 Å². The Morgan fingerprint density at radius 3 is 2.39 bits per heavy atom. The fraction of sp³-hybridized carbons (Fsp3) is 0.333. The molecule has 2 atom stereocenters. The number of hydrogen-bond donors (Lipinski definition) is 1. The second kappa shape index (κ2) is 9.88. The number of fused-ring (bicyclic) bond motifs is 1. The molecule has 4 rings (SSSR count). The standard InChI is InChI=1S/C27H31NO3/c1-3-28(4-2)16-17-30-23-13-10-21(11-14-23)27-24-18-22(29)12-15-26(24)31-19-25(27)20-8-6-5-7-9-20/h5-15,18,25,27,29H,3-4,16-17,19H2,1-2H3/t25-,27+/m0/s1. The first-order chi connectivity index (χ1) is 15.2. The summed E-state index contributed by atoms with van der Waals surface area (Å²) in [5, 5.41) is 10.2. The molecule has 1 heterocycles. The highest BCUT2D eigenvalue weighted by atomic mass is 16.5. The van der Waals surface area contributed by atoms with Gasteiger partial charge in [0, 0.05) is 23.9 Å². The second-order valence-electron chi connectivity index (χ2n) is 7.97. The summed E-state index contributed by atoms with van der Waals surface area (Å²) in [4.78, 5) is 2.35. The maximum atomic E-state index is 10.2. The van der Waals surface area contributed by atoms with E-state index in [1.54, 1.807) is 6.07 Å². The van der Waals surface area contributed by atoms with E-state index >= 15 is 0 Å². The normalized spacial score (nSPS) is 17.8. The lowest BCUT2D eigenvalue weighted by atomic mass is 9.76. The number of phenols is 1.